The van der Waals surface area contributed by atoms with Crippen LogP contribution in [0.4, 0.5) is 11.4 Å². The molecule has 5 rings (SSSR count). The van der Waals surface area contributed by atoms with Gasteiger partial charge in [0.25, 0.3) is 0 Å². The summed E-state index contributed by atoms with van der Waals surface area (Å²) in [5.74, 6) is 1.06. The number of para-hydroxylation sites is 1. The smallest absolute Gasteiger partial charge is 0.237 e. The first kappa shape index (κ1) is 23.8. The van der Waals surface area contributed by atoms with E-state index in [4.69, 9.17) is 0 Å². The van der Waals surface area contributed by atoms with E-state index in [1.807, 2.05) is 89.3 Å². The Labute approximate surface area is 214 Å². The Balaban J connectivity index is 1.16. The zero-order valence-electron chi connectivity index (χ0n) is 20.1. The van der Waals surface area contributed by atoms with Crippen LogP contribution in [0, 0.1) is 0 Å². The Morgan fingerprint density at radius 2 is 1.69 bits per heavy atom. The molecule has 1 N–H and O–H groups in total. The van der Waals surface area contributed by atoms with Crippen LogP contribution < -0.4 is 10.2 Å². The van der Waals surface area contributed by atoms with Gasteiger partial charge in [0.15, 0.2) is 11.0 Å². The molecule has 4 aromatic rings. The van der Waals surface area contributed by atoms with Crippen molar-refractivity contribution in [2.24, 2.45) is 7.05 Å². The van der Waals surface area contributed by atoms with E-state index >= 15 is 0 Å². The fraction of sp³-hybridized carbons (Fsp3) is 0.214. The highest BCUT2D eigenvalue weighted by Crippen LogP contribution is 2.29. The number of thioether (sulfide) groups is 1. The maximum atomic E-state index is 12.8. The molecule has 2 heterocycles. The van der Waals surface area contributed by atoms with Crippen molar-refractivity contribution in [1.82, 2.24) is 14.8 Å². The fourth-order valence-corrected chi connectivity index (χ4v) is 5.11. The van der Waals surface area contributed by atoms with E-state index in [1.54, 1.807) is 0 Å². The van der Waals surface area contributed by atoms with E-state index in [0.717, 1.165) is 35.5 Å². The van der Waals surface area contributed by atoms with Crippen molar-refractivity contribution < 1.29 is 9.59 Å². The number of carbonyl (C=O) groups excluding carboxylic acids is 2. The summed E-state index contributed by atoms with van der Waals surface area (Å²) in [6.07, 6.45) is 2.03. The molecule has 1 aliphatic heterocycles. The Morgan fingerprint density at radius 3 is 2.50 bits per heavy atom. The minimum absolute atomic E-state index is 0.0192. The molecule has 1 aliphatic rings. The van der Waals surface area contributed by atoms with Crippen molar-refractivity contribution >= 4 is 35.0 Å². The van der Waals surface area contributed by atoms with E-state index < -0.39 is 0 Å². The molecule has 1 aromatic heterocycles. The summed E-state index contributed by atoms with van der Waals surface area (Å²) in [6.45, 7) is 0.720. The SMILES string of the molecule is Cn1c(SCC(=O)N2CCc3ccccc32)nnc1-c1ccc(NC(=O)CCc2ccccc2)cc1. The van der Waals surface area contributed by atoms with Gasteiger partial charge in [0.2, 0.25) is 11.8 Å². The summed E-state index contributed by atoms with van der Waals surface area (Å²) in [5.41, 5.74) is 5.00. The van der Waals surface area contributed by atoms with Gasteiger partial charge in [-0.2, -0.15) is 0 Å². The minimum Gasteiger partial charge on any atom is -0.326 e. The Morgan fingerprint density at radius 1 is 0.944 bits per heavy atom. The third kappa shape index (κ3) is 5.33. The van der Waals surface area contributed by atoms with E-state index in [0.29, 0.717) is 29.6 Å². The molecular weight excluding hydrogens is 470 g/mol. The lowest BCUT2D eigenvalue weighted by Gasteiger charge is -2.16. The van der Waals surface area contributed by atoms with Crippen LogP contribution in [0.3, 0.4) is 0 Å². The number of hydrogen-bond acceptors (Lipinski definition) is 5. The highest BCUT2D eigenvalue weighted by molar-refractivity contribution is 7.99. The molecule has 0 fully saturated rings. The third-order valence-electron chi connectivity index (χ3n) is 6.26. The van der Waals surface area contributed by atoms with Crippen LogP contribution >= 0.6 is 11.8 Å². The summed E-state index contributed by atoms with van der Waals surface area (Å²) in [4.78, 5) is 27.0. The van der Waals surface area contributed by atoms with Crippen LogP contribution in [0.1, 0.15) is 17.5 Å². The second kappa shape index (κ2) is 10.8. The second-order valence-corrected chi connectivity index (χ2v) is 9.63. The first-order valence-corrected chi connectivity index (χ1v) is 12.9. The molecule has 36 heavy (non-hydrogen) atoms. The van der Waals surface area contributed by atoms with Crippen LogP contribution in [0.15, 0.2) is 84.0 Å². The Kier molecular flexibility index (Phi) is 7.13. The zero-order chi connectivity index (χ0) is 24.9. The van der Waals surface area contributed by atoms with E-state index in [1.165, 1.54) is 17.3 Å². The van der Waals surface area contributed by atoms with Crippen LogP contribution in [0.5, 0.6) is 0 Å². The predicted molar refractivity (Wildman–Crippen MR) is 143 cm³/mol. The third-order valence-corrected chi connectivity index (χ3v) is 7.26. The fourth-order valence-electron chi connectivity index (χ4n) is 4.32. The summed E-state index contributed by atoms with van der Waals surface area (Å²) in [5, 5.41) is 12.3. The number of carbonyl (C=O) groups is 2. The molecule has 0 aliphatic carbocycles. The predicted octanol–water partition coefficient (Wildman–Crippen LogP) is 4.73. The van der Waals surface area contributed by atoms with Gasteiger partial charge in [0, 0.05) is 37.0 Å². The van der Waals surface area contributed by atoms with Crippen LogP contribution in [0.2, 0.25) is 0 Å². The van der Waals surface area contributed by atoms with Crippen molar-refractivity contribution in [3.8, 4) is 11.4 Å². The second-order valence-electron chi connectivity index (χ2n) is 8.69. The summed E-state index contributed by atoms with van der Waals surface area (Å²) < 4.78 is 1.89. The van der Waals surface area contributed by atoms with Crippen molar-refractivity contribution in [2.45, 2.75) is 24.4 Å². The zero-order valence-corrected chi connectivity index (χ0v) is 20.9. The molecule has 0 bridgehead atoms. The van der Waals surface area contributed by atoms with Crippen LogP contribution in [-0.4, -0.2) is 38.9 Å². The maximum absolute atomic E-state index is 12.8. The quantitative estimate of drug-likeness (QED) is 0.356. The number of benzene rings is 3. The molecule has 182 valence electrons. The van der Waals surface area contributed by atoms with Crippen LogP contribution in [-0.2, 0) is 29.5 Å². The molecule has 7 nitrogen and oxygen atoms in total. The molecule has 0 spiro atoms. The van der Waals surface area contributed by atoms with Crippen molar-refractivity contribution in [3.63, 3.8) is 0 Å². The number of aromatic nitrogens is 3. The van der Waals surface area contributed by atoms with E-state index in [-0.39, 0.29) is 11.8 Å². The van der Waals surface area contributed by atoms with Gasteiger partial charge in [0.1, 0.15) is 0 Å². The maximum Gasteiger partial charge on any atom is 0.237 e. The average molecular weight is 498 g/mol. The van der Waals surface area contributed by atoms with E-state index in [9.17, 15) is 9.59 Å². The van der Waals surface area contributed by atoms with Gasteiger partial charge in [-0.05, 0) is 54.3 Å². The van der Waals surface area contributed by atoms with Gasteiger partial charge in [-0.25, -0.2) is 0 Å². The highest BCUT2D eigenvalue weighted by atomic mass is 32.2. The minimum atomic E-state index is -0.0192. The lowest BCUT2D eigenvalue weighted by Crippen LogP contribution is -2.30. The monoisotopic (exact) mass is 497 g/mol. The standard InChI is InChI=1S/C28H27N5O2S/c1-32-27(22-12-14-23(15-13-22)29-25(34)16-11-20-7-3-2-4-8-20)30-31-28(32)36-19-26(35)33-18-17-21-9-5-6-10-24(21)33/h2-10,12-15H,11,16-19H2,1H3,(H,29,34). The normalized spacial score (nSPS) is 12.4. The summed E-state index contributed by atoms with van der Waals surface area (Å²) in [7, 11) is 1.90. The molecule has 0 radical (unpaired) electrons. The summed E-state index contributed by atoms with van der Waals surface area (Å²) in [6, 6.07) is 25.6. The Bertz CT molecular complexity index is 1370. The number of nitrogens with zero attached hydrogens (tertiary/aromatic N) is 4. The number of aryl methyl sites for hydroxylation is 1. The van der Waals surface area contributed by atoms with Crippen molar-refractivity contribution in [1.29, 1.82) is 0 Å². The lowest BCUT2D eigenvalue weighted by atomic mass is 10.1. The molecule has 0 atom stereocenters. The van der Waals surface area contributed by atoms with Crippen LogP contribution in [0.25, 0.3) is 11.4 Å². The van der Waals surface area contributed by atoms with Gasteiger partial charge >= 0.3 is 0 Å². The van der Waals surface area contributed by atoms with Crippen molar-refractivity contribution in [3.05, 3.63) is 90.0 Å². The number of anilines is 2. The Hall–Kier alpha value is -3.91. The molecule has 0 saturated carbocycles. The van der Waals surface area contributed by atoms with E-state index in [2.05, 4.69) is 21.6 Å². The number of fused-ring (bicyclic) bond motifs is 1. The molecule has 0 saturated heterocycles. The number of amides is 2. The van der Waals surface area contributed by atoms with Gasteiger partial charge in [-0.15, -0.1) is 10.2 Å². The largest absolute Gasteiger partial charge is 0.326 e. The molecular formula is C28H27N5O2S. The van der Waals surface area contributed by atoms with Gasteiger partial charge in [0.05, 0.1) is 5.75 Å². The van der Waals surface area contributed by atoms with Crippen molar-refractivity contribution in [2.75, 3.05) is 22.5 Å². The molecule has 8 heteroatoms. The topological polar surface area (TPSA) is 80.1 Å². The number of rotatable bonds is 8. The first-order chi connectivity index (χ1) is 17.6. The molecule has 0 unspecified atom stereocenters. The lowest BCUT2D eigenvalue weighted by molar-refractivity contribution is -0.116. The highest BCUT2D eigenvalue weighted by Gasteiger charge is 2.24. The summed E-state index contributed by atoms with van der Waals surface area (Å²) >= 11 is 1.39. The van der Waals surface area contributed by atoms with Gasteiger partial charge in [-0.1, -0.05) is 60.3 Å². The number of nitrogens with one attached hydrogen (secondary N) is 1. The molecule has 2 amide bonds. The van der Waals surface area contributed by atoms with Gasteiger partial charge < -0.3 is 14.8 Å². The van der Waals surface area contributed by atoms with Gasteiger partial charge in [-0.3, -0.25) is 9.59 Å². The average Bonchev–Trinajstić information content (AvgIpc) is 3.51. The number of hydrogen-bond donors (Lipinski definition) is 1. The molecule has 3 aromatic carbocycles. The first-order valence-electron chi connectivity index (χ1n) is 11.9.